The number of carbonyl (C=O) groups excluding carboxylic acids is 1. The van der Waals surface area contributed by atoms with E-state index in [1.54, 1.807) is 31.3 Å². The molecule has 0 aliphatic carbocycles. The molecule has 4 rings (SSSR count). The van der Waals surface area contributed by atoms with Gasteiger partial charge in [-0.2, -0.15) is 0 Å². The van der Waals surface area contributed by atoms with Gasteiger partial charge in [-0.1, -0.05) is 23.2 Å². The summed E-state index contributed by atoms with van der Waals surface area (Å²) < 4.78 is 16.1. The lowest BCUT2D eigenvalue weighted by Gasteiger charge is -2.35. The molecule has 0 saturated heterocycles. The van der Waals surface area contributed by atoms with Crippen molar-refractivity contribution in [3.05, 3.63) is 33.6 Å². The van der Waals surface area contributed by atoms with Gasteiger partial charge < -0.3 is 19.5 Å². The maximum Gasteiger partial charge on any atom is 0.416 e. The number of methoxy groups -OCH3 is 2. The summed E-state index contributed by atoms with van der Waals surface area (Å²) in [5.41, 5.74) is 1.47. The van der Waals surface area contributed by atoms with Gasteiger partial charge in [0, 0.05) is 35.3 Å². The Balaban J connectivity index is 0.000000211. The molecular weight excluding hydrogens is 491 g/mol. The Morgan fingerprint density at radius 3 is 2.17 bits per heavy atom. The monoisotopic (exact) mass is 524 g/mol. The SMILES string of the molecule is COc1cc(Cl)nc2c1CCC(C)N2.COc1cc(Cl)nc2c1CCC(C)N2C(=O)OC(C)(C)C. The highest BCUT2D eigenvalue weighted by molar-refractivity contribution is 6.30. The molecule has 2 aliphatic rings. The van der Waals surface area contributed by atoms with E-state index in [4.69, 9.17) is 37.4 Å². The van der Waals surface area contributed by atoms with Crippen molar-refractivity contribution in [3.63, 3.8) is 0 Å². The summed E-state index contributed by atoms with van der Waals surface area (Å²) >= 11 is 11.9. The van der Waals surface area contributed by atoms with Crippen LogP contribution in [0.15, 0.2) is 12.1 Å². The molecule has 192 valence electrons. The first-order chi connectivity index (χ1) is 16.4. The quantitative estimate of drug-likeness (QED) is 0.460. The summed E-state index contributed by atoms with van der Waals surface area (Å²) in [6.07, 6.45) is 3.31. The molecule has 0 radical (unpaired) electrons. The third kappa shape index (κ3) is 6.61. The van der Waals surface area contributed by atoms with Crippen LogP contribution >= 0.6 is 23.2 Å². The van der Waals surface area contributed by atoms with E-state index in [-0.39, 0.29) is 6.04 Å². The Labute approximate surface area is 217 Å². The highest BCUT2D eigenvalue weighted by Crippen LogP contribution is 2.37. The lowest BCUT2D eigenvalue weighted by atomic mass is 9.99. The van der Waals surface area contributed by atoms with E-state index in [0.29, 0.717) is 27.9 Å². The Kier molecular flexibility index (Phi) is 8.59. The van der Waals surface area contributed by atoms with E-state index in [1.807, 2.05) is 27.7 Å². The van der Waals surface area contributed by atoms with Crippen LogP contribution in [0.3, 0.4) is 0 Å². The number of fused-ring (bicyclic) bond motifs is 2. The van der Waals surface area contributed by atoms with Gasteiger partial charge in [0.25, 0.3) is 0 Å². The van der Waals surface area contributed by atoms with Gasteiger partial charge >= 0.3 is 6.09 Å². The minimum atomic E-state index is -0.558. The van der Waals surface area contributed by atoms with E-state index in [2.05, 4.69) is 22.2 Å². The summed E-state index contributed by atoms with van der Waals surface area (Å²) in [7, 11) is 3.24. The first-order valence-corrected chi connectivity index (χ1v) is 12.4. The van der Waals surface area contributed by atoms with Crippen molar-refractivity contribution < 1.29 is 19.0 Å². The number of aromatic nitrogens is 2. The number of carbonyl (C=O) groups is 1. The molecule has 0 fully saturated rings. The van der Waals surface area contributed by atoms with Gasteiger partial charge in [-0.05, 0) is 60.3 Å². The standard InChI is InChI=1S/C15H21ClN2O3.C10H13ClN2O/c1-9-6-7-10-11(20-5)8-12(16)17-13(10)18(9)14(19)21-15(2,3)4;1-6-3-4-7-8(14-2)5-9(11)13-10(7)12-6/h8-9H,6-7H2,1-5H3;5-6H,3-4H2,1-2H3,(H,12,13). The molecule has 10 heteroatoms. The van der Waals surface area contributed by atoms with Crippen molar-refractivity contribution >= 4 is 40.9 Å². The van der Waals surface area contributed by atoms with Gasteiger partial charge in [-0.25, -0.2) is 14.8 Å². The lowest BCUT2D eigenvalue weighted by Crippen LogP contribution is -2.45. The van der Waals surface area contributed by atoms with Crippen molar-refractivity contribution in [1.82, 2.24) is 9.97 Å². The molecular formula is C25H34Cl2N4O4. The second kappa shape index (κ2) is 11.1. The molecule has 1 N–H and O–H groups in total. The van der Waals surface area contributed by atoms with E-state index in [1.165, 1.54) is 0 Å². The number of ether oxygens (including phenoxy) is 3. The zero-order valence-electron chi connectivity index (χ0n) is 21.4. The lowest BCUT2D eigenvalue weighted by molar-refractivity contribution is 0.0562. The molecule has 2 aromatic heterocycles. The highest BCUT2D eigenvalue weighted by atomic mass is 35.5. The Bertz CT molecular complexity index is 1070. The van der Waals surface area contributed by atoms with Crippen LogP contribution in [0.25, 0.3) is 0 Å². The third-order valence-corrected chi connectivity index (χ3v) is 6.19. The molecule has 2 aromatic rings. The zero-order chi connectivity index (χ0) is 25.9. The number of pyridine rings is 2. The molecule has 8 nitrogen and oxygen atoms in total. The second-order valence-electron chi connectivity index (χ2n) is 9.75. The van der Waals surface area contributed by atoms with Crippen LogP contribution in [0.1, 0.15) is 58.6 Å². The number of nitrogens with one attached hydrogen (secondary N) is 1. The minimum Gasteiger partial charge on any atom is -0.496 e. The predicted molar refractivity (Wildman–Crippen MR) is 139 cm³/mol. The molecule has 0 aromatic carbocycles. The van der Waals surface area contributed by atoms with Crippen LogP contribution in [-0.4, -0.2) is 48.0 Å². The van der Waals surface area contributed by atoms with Crippen LogP contribution in [0.2, 0.25) is 10.3 Å². The number of nitrogens with zero attached hydrogens (tertiary/aromatic N) is 3. The van der Waals surface area contributed by atoms with E-state index < -0.39 is 11.7 Å². The normalized spacial score (nSPS) is 18.8. The summed E-state index contributed by atoms with van der Waals surface area (Å²) in [6.45, 7) is 9.63. The van der Waals surface area contributed by atoms with Crippen molar-refractivity contribution in [2.24, 2.45) is 0 Å². The van der Waals surface area contributed by atoms with Crippen LogP contribution in [0.5, 0.6) is 11.5 Å². The highest BCUT2D eigenvalue weighted by Gasteiger charge is 2.34. The smallest absolute Gasteiger partial charge is 0.416 e. The van der Waals surface area contributed by atoms with Crippen LogP contribution < -0.4 is 19.7 Å². The number of rotatable bonds is 2. The first-order valence-electron chi connectivity index (χ1n) is 11.7. The summed E-state index contributed by atoms with van der Waals surface area (Å²) in [6, 6.07) is 3.89. The third-order valence-electron chi connectivity index (χ3n) is 5.80. The molecule has 35 heavy (non-hydrogen) atoms. The second-order valence-corrected chi connectivity index (χ2v) is 10.5. The molecule has 4 heterocycles. The van der Waals surface area contributed by atoms with Crippen molar-refractivity contribution in [2.45, 2.75) is 78.0 Å². The zero-order valence-corrected chi connectivity index (χ0v) is 22.9. The maximum absolute atomic E-state index is 12.5. The van der Waals surface area contributed by atoms with Crippen LogP contribution in [0.4, 0.5) is 16.4 Å². The number of hydrogen-bond acceptors (Lipinski definition) is 7. The van der Waals surface area contributed by atoms with E-state index in [0.717, 1.165) is 48.4 Å². The number of amides is 1. The van der Waals surface area contributed by atoms with Crippen molar-refractivity contribution in [3.8, 4) is 11.5 Å². The Hall–Kier alpha value is -2.45. The minimum absolute atomic E-state index is 0.00280. The average molecular weight is 525 g/mol. The molecule has 2 aliphatic heterocycles. The molecule has 1 amide bonds. The van der Waals surface area contributed by atoms with Crippen molar-refractivity contribution in [1.29, 1.82) is 0 Å². The number of halogens is 2. The topological polar surface area (TPSA) is 85.8 Å². The molecule has 2 atom stereocenters. The molecule has 0 saturated carbocycles. The van der Waals surface area contributed by atoms with E-state index >= 15 is 0 Å². The maximum atomic E-state index is 12.5. The summed E-state index contributed by atoms with van der Waals surface area (Å²) in [5, 5.41) is 4.07. The molecule has 0 spiro atoms. The fraction of sp³-hybridized carbons (Fsp3) is 0.560. The van der Waals surface area contributed by atoms with Gasteiger partial charge in [0.2, 0.25) is 0 Å². The largest absolute Gasteiger partial charge is 0.496 e. The van der Waals surface area contributed by atoms with Gasteiger partial charge in [-0.15, -0.1) is 0 Å². The van der Waals surface area contributed by atoms with Gasteiger partial charge in [0.05, 0.1) is 14.2 Å². The Morgan fingerprint density at radius 1 is 1.00 bits per heavy atom. The number of hydrogen-bond donors (Lipinski definition) is 1. The first kappa shape index (κ1) is 27.1. The van der Waals surface area contributed by atoms with Gasteiger partial charge in [-0.3, -0.25) is 4.90 Å². The van der Waals surface area contributed by atoms with Crippen LogP contribution in [0, 0.1) is 0 Å². The summed E-state index contributed by atoms with van der Waals surface area (Å²) in [4.78, 5) is 22.6. The fourth-order valence-electron chi connectivity index (χ4n) is 4.12. The van der Waals surface area contributed by atoms with Crippen molar-refractivity contribution in [2.75, 3.05) is 24.4 Å². The average Bonchev–Trinajstić information content (AvgIpc) is 2.76. The predicted octanol–water partition coefficient (Wildman–Crippen LogP) is 6.31. The number of anilines is 2. The molecule has 0 bridgehead atoms. The fourth-order valence-corrected chi connectivity index (χ4v) is 4.48. The van der Waals surface area contributed by atoms with Crippen LogP contribution in [-0.2, 0) is 17.6 Å². The van der Waals surface area contributed by atoms with Gasteiger partial charge in [0.1, 0.15) is 39.0 Å². The van der Waals surface area contributed by atoms with E-state index in [9.17, 15) is 4.79 Å². The van der Waals surface area contributed by atoms with Gasteiger partial charge in [0.15, 0.2) is 0 Å². The summed E-state index contributed by atoms with van der Waals surface area (Å²) in [5.74, 6) is 2.89. The molecule has 2 unspecified atom stereocenters. The Morgan fingerprint density at radius 2 is 1.57 bits per heavy atom.